The Morgan fingerprint density at radius 2 is 2.07 bits per heavy atom. The van der Waals surface area contributed by atoms with Crippen molar-refractivity contribution in [1.82, 2.24) is 19.0 Å². The second-order valence-corrected chi connectivity index (χ2v) is 7.67. The fourth-order valence-electron chi connectivity index (χ4n) is 3.80. The second kappa shape index (κ2) is 6.84. The Bertz CT molecular complexity index is 1370. The fourth-order valence-corrected chi connectivity index (χ4v) is 4.01. The summed E-state index contributed by atoms with van der Waals surface area (Å²) in [6.07, 6.45) is 4.77. The summed E-state index contributed by atoms with van der Waals surface area (Å²) in [4.78, 5) is 31.7. The van der Waals surface area contributed by atoms with E-state index in [9.17, 15) is 14.0 Å². The molecule has 7 nitrogen and oxygen atoms in total. The third-order valence-corrected chi connectivity index (χ3v) is 5.50. The number of nitrogens with zero attached hydrogens (tertiary/aromatic N) is 4. The van der Waals surface area contributed by atoms with Gasteiger partial charge in [-0.25, -0.2) is 9.37 Å². The van der Waals surface area contributed by atoms with Gasteiger partial charge in [0.15, 0.2) is 11.4 Å². The third kappa shape index (κ3) is 2.91. The predicted molar refractivity (Wildman–Crippen MR) is 108 cm³/mol. The highest BCUT2D eigenvalue weighted by Crippen LogP contribution is 2.29. The molecule has 1 aliphatic heterocycles. The molecule has 3 aromatic heterocycles. The molecule has 1 aromatic carbocycles. The highest BCUT2D eigenvalue weighted by molar-refractivity contribution is 6.31. The Morgan fingerprint density at radius 1 is 1.23 bits per heavy atom. The molecule has 0 saturated carbocycles. The molecule has 5 rings (SSSR count). The number of aromatic nitrogens is 3. The monoisotopic (exact) mass is 426 g/mol. The van der Waals surface area contributed by atoms with Crippen molar-refractivity contribution in [3.8, 4) is 5.69 Å². The molecule has 4 aromatic rings. The zero-order valence-electron chi connectivity index (χ0n) is 15.9. The van der Waals surface area contributed by atoms with E-state index < -0.39 is 5.82 Å². The van der Waals surface area contributed by atoms with Gasteiger partial charge in [0.2, 0.25) is 0 Å². The van der Waals surface area contributed by atoms with Gasteiger partial charge in [0.05, 0.1) is 18.3 Å². The number of rotatable bonds is 3. The molecule has 1 aliphatic rings. The lowest BCUT2D eigenvalue weighted by atomic mass is 10.1. The van der Waals surface area contributed by atoms with Gasteiger partial charge in [-0.2, -0.15) is 0 Å². The molecule has 0 N–H and O–H groups in total. The quantitative estimate of drug-likeness (QED) is 0.502. The van der Waals surface area contributed by atoms with Gasteiger partial charge in [-0.05, 0) is 31.2 Å². The van der Waals surface area contributed by atoms with E-state index in [1.807, 2.05) is 6.92 Å². The minimum atomic E-state index is -0.548. The van der Waals surface area contributed by atoms with Crippen molar-refractivity contribution in [2.24, 2.45) is 0 Å². The summed E-state index contributed by atoms with van der Waals surface area (Å²) in [5.74, 6) is -0.823. The van der Waals surface area contributed by atoms with Crippen LogP contribution in [0.1, 0.15) is 21.7 Å². The minimum Gasteiger partial charge on any atom is -0.461 e. The van der Waals surface area contributed by atoms with Crippen LogP contribution < -0.4 is 5.56 Å². The second-order valence-electron chi connectivity index (χ2n) is 7.23. The van der Waals surface area contributed by atoms with E-state index in [-0.39, 0.29) is 28.6 Å². The van der Waals surface area contributed by atoms with Gasteiger partial charge in [0.1, 0.15) is 11.4 Å². The van der Waals surface area contributed by atoms with E-state index in [1.165, 1.54) is 16.9 Å². The van der Waals surface area contributed by atoms with Crippen molar-refractivity contribution in [2.45, 2.75) is 20.0 Å². The molecular formula is C21H16ClFN4O3. The molecule has 0 fully saturated rings. The van der Waals surface area contributed by atoms with Crippen LogP contribution in [0.5, 0.6) is 0 Å². The number of carbonyl (C=O) groups is 1. The first-order valence-electron chi connectivity index (χ1n) is 9.31. The number of imidazole rings is 1. The van der Waals surface area contributed by atoms with E-state index in [1.54, 1.807) is 40.2 Å². The number of hydrogen-bond acceptors (Lipinski definition) is 4. The molecule has 1 amide bonds. The van der Waals surface area contributed by atoms with Crippen LogP contribution in [0.15, 0.2) is 52.3 Å². The first kappa shape index (κ1) is 18.6. The number of carbonyl (C=O) groups excluding carboxylic acids is 1. The number of fused-ring (bicyclic) bond motifs is 2. The summed E-state index contributed by atoms with van der Waals surface area (Å²) in [5, 5.41) is 0.786. The topological polar surface area (TPSA) is 73.3 Å². The number of aryl methyl sites for hydroxylation is 1. The molecule has 0 atom stereocenters. The Kier molecular flexibility index (Phi) is 4.25. The summed E-state index contributed by atoms with van der Waals surface area (Å²) in [6.45, 7) is 2.76. The molecule has 0 radical (unpaired) electrons. The van der Waals surface area contributed by atoms with Gasteiger partial charge in [-0.15, -0.1) is 0 Å². The number of hydrogen-bond donors (Lipinski definition) is 0. The van der Waals surface area contributed by atoms with E-state index in [0.29, 0.717) is 35.4 Å². The van der Waals surface area contributed by atoms with Crippen molar-refractivity contribution in [2.75, 3.05) is 6.54 Å². The smallest absolute Gasteiger partial charge is 0.275 e. The molecule has 4 heterocycles. The van der Waals surface area contributed by atoms with Crippen molar-refractivity contribution in [3.63, 3.8) is 0 Å². The Labute approximate surface area is 174 Å². The van der Waals surface area contributed by atoms with E-state index in [0.717, 1.165) is 5.69 Å². The number of benzene rings is 1. The van der Waals surface area contributed by atoms with Gasteiger partial charge < -0.3 is 18.5 Å². The number of amides is 1. The zero-order chi connectivity index (χ0) is 21.0. The summed E-state index contributed by atoms with van der Waals surface area (Å²) in [5.41, 5.74) is 2.05. The van der Waals surface area contributed by atoms with Gasteiger partial charge in [0, 0.05) is 41.8 Å². The van der Waals surface area contributed by atoms with Crippen LogP contribution in [-0.2, 0) is 13.1 Å². The maximum atomic E-state index is 14.0. The molecule has 9 heteroatoms. The average Bonchev–Trinajstić information content (AvgIpc) is 3.31. The Morgan fingerprint density at radius 3 is 2.83 bits per heavy atom. The van der Waals surface area contributed by atoms with Crippen LogP contribution in [0.25, 0.3) is 16.7 Å². The van der Waals surface area contributed by atoms with Crippen LogP contribution in [0, 0.1) is 12.7 Å². The molecule has 30 heavy (non-hydrogen) atoms. The Hall–Kier alpha value is -3.39. The largest absolute Gasteiger partial charge is 0.461 e. The van der Waals surface area contributed by atoms with Crippen LogP contribution in [0.3, 0.4) is 0 Å². The first-order chi connectivity index (χ1) is 14.4. The lowest BCUT2D eigenvalue weighted by Gasteiger charge is -2.29. The summed E-state index contributed by atoms with van der Waals surface area (Å²) >= 11 is 5.97. The van der Waals surface area contributed by atoms with Crippen LogP contribution in [0.2, 0.25) is 5.02 Å². The summed E-state index contributed by atoms with van der Waals surface area (Å²) in [7, 11) is 0. The van der Waals surface area contributed by atoms with E-state index in [4.69, 9.17) is 16.0 Å². The highest BCUT2D eigenvalue weighted by atomic mass is 35.5. The first-order valence-corrected chi connectivity index (χ1v) is 9.69. The summed E-state index contributed by atoms with van der Waals surface area (Å²) in [6, 6.07) is 6.07. The average molecular weight is 427 g/mol. The standard InChI is InChI=1S/C21H16ClFN4O3/c1-12-8-26(11-24-12)17-2-3-18-20(28)25(4-5-27(18)21(17)29)9-13-10-30-19-15(13)6-14(22)7-16(19)23/h2-3,6-8,10-11H,4-5,9H2,1H3. The lowest BCUT2D eigenvalue weighted by Crippen LogP contribution is -2.44. The van der Waals surface area contributed by atoms with Crippen molar-refractivity contribution < 1.29 is 13.6 Å². The Balaban J connectivity index is 1.48. The molecular weight excluding hydrogens is 411 g/mol. The minimum absolute atomic E-state index is 0.107. The molecule has 152 valence electrons. The van der Waals surface area contributed by atoms with Gasteiger partial charge in [-0.3, -0.25) is 9.59 Å². The predicted octanol–water partition coefficient (Wildman–Crippen LogP) is 3.54. The fraction of sp³-hybridized carbons (Fsp3) is 0.190. The maximum Gasteiger partial charge on any atom is 0.275 e. The number of furan rings is 1. The summed E-state index contributed by atoms with van der Waals surface area (Å²) < 4.78 is 22.5. The van der Waals surface area contributed by atoms with Crippen LogP contribution in [-0.4, -0.2) is 31.5 Å². The normalized spacial score (nSPS) is 13.8. The molecule has 0 aliphatic carbocycles. The molecule has 0 bridgehead atoms. The van der Waals surface area contributed by atoms with Gasteiger partial charge in [-0.1, -0.05) is 11.6 Å². The molecule has 0 unspecified atom stereocenters. The highest BCUT2D eigenvalue weighted by Gasteiger charge is 2.27. The molecule has 0 saturated heterocycles. The third-order valence-electron chi connectivity index (χ3n) is 5.28. The van der Waals surface area contributed by atoms with Crippen molar-refractivity contribution in [3.05, 3.63) is 81.2 Å². The maximum absolute atomic E-state index is 14.0. The van der Waals surface area contributed by atoms with Crippen LogP contribution >= 0.6 is 11.6 Å². The van der Waals surface area contributed by atoms with Crippen LogP contribution in [0.4, 0.5) is 4.39 Å². The van der Waals surface area contributed by atoms with Gasteiger partial charge >= 0.3 is 0 Å². The SMILES string of the molecule is Cc1cn(-c2ccc3n(c2=O)CCN(Cc2coc4c(F)cc(Cl)cc24)C3=O)cn1. The van der Waals surface area contributed by atoms with Crippen molar-refractivity contribution >= 4 is 28.5 Å². The van der Waals surface area contributed by atoms with Crippen molar-refractivity contribution in [1.29, 1.82) is 0 Å². The van der Waals surface area contributed by atoms with E-state index >= 15 is 0 Å². The molecule has 0 spiro atoms. The van der Waals surface area contributed by atoms with E-state index in [2.05, 4.69) is 4.98 Å². The number of pyridine rings is 1. The van der Waals surface area contributed by atoms with Gasteiger partial charge in [0.25, 0.3) is 11.5 Å². The lowest BCUT2D eigenvalue weighted by molar-refractivity contribution is 0.0687. The zero-order valence-corrected chi connectivity index (χ0v) is 16.7. The number of halogens is 2.